The molecule has 30 heavy (non-hydrogen) atoms. The van der Waals surface area contributed by atoms with Crippen LogP contribution in [0.5, 0.6) is 0 Å². The van der Waals surface area contributed by atoms with E-state index < -0.39 is 17.7 Å². The summed E-state index contributed by atoms with van der Waals surface area (Å²) in [7, 11) is 1.86. The third-order valence-electron chi connectivity index (χ3n) is 4.58. The van der Waals surface area contributed by atoms with E-state index in [9.17, 15) is 9.59 Å². The average Bonchev–Trinajstić information content (AvgIpc) is 3.10. The number of amides is 1. The number of likely N-dealkylation sites (N-methyl/N-ethyl adjacent to an activating group) is 1. The minimum atomic E-state index is -0.718. The molecule has 0 fully saturated rings. The first-order chi connectivity index (χ1) is 14.1. The number of hydrogen-bond donors (Lipinski definition) is 1. The molecule has 1 aromatic rings. The van der Waals surface area contributed by atoms with Gasteiger partial charge >= 0.3 is 0 Å². The lowest BCUT2D eigenvalue weighted by atomic mass is 9.97. The highest BCUT2D eigenvalue weighted by molar-refractivity contribution is 5.85. The van der Waals surface area contributed by atoms with E-state index in [1.54, 1.807) is 12.2 Å². The number of carbonyl (C=O) groups is 2. The van der Waals surface area contributed by atoms with Crippen molar-refractivity contribution in [1.29, 1.82) is 0 Å². The van der Waals surface area contributed by atoms with Crippen molar-refractivity contribution in [3.05, 3.63) is 72.9 Å². The van der Waals surface area contributed by atoms with E-state index >= 15 is 0 Å². The molecule has 6 heteroatoms. The van der Waals surface area contributed by atoms with Crippen molar-refractivity contribution in [2.75, 3.05) is 7.05 Å². The predicted molar refractivity (Wildman–Crippen MR) is 117 cm³/mol. The van der Waals surface area contributed by atoms with Gasteiger partial charge in [0.1, 0.15) is 11.8 Å². The number of nitrogens with zero attached hydrogens (tertiary/aromatic N) is 1. The molecule has 1 aromatic carbocycles. The summed E-state index contributed by atoms with van der Waals surface area (Å²) in [6.07, 6.45) is 5.73. The highest BCUT2D eigenvalue weighted by atomic mass is 16.5. The first-order valence-electron chi connectivity index (χ1n) is 10.0. The number of nitrogens with one attached hydrogen (secondary N) is 1. The van der Waals surface area contributed by atoms with Crippen LogP contribution in [-0.2, 0) is 25.6 Å². The van der Waals surface area contributed by atoms with E-state index in [1.807, 2.05) is 63.1 Å². The van der Waals surface area contributed by atoms with Crippen LogP contribution in [0.25, 0.3) is 0 Å². The van der Waals surface area contributed by atoms with Crippen LogP contribution < -0.4 is 5.32 Å². The van der Waals surface area contributed by atoms with Gasteiger partial charge in [-0.05, 0) is 52.5 Å². The van der Waals surface area contributed by atoms with Crippen LogP contribution in [0.1, 0.15) is 33.3 Å². The van der Waals surface area contributed by atoms with Crippen LogP contribution in [0.15, 0.2) is 67.3 Å². The molecular weight excluding hydrogens is 380 g/mol. The molecule has 1 amide bonds. The van der Waals surface area contributed by atoms with Crippen molar-refractivity contribution in [3.8, 4) is 0 Å². The molecule has 1 aliphatic rings. The maximum atomic E-state index is 13.3. The fraction of sp³-hybridized carbons (Fsp3) is 0.417. The molecule has 0 radical (unpaired) electrons. The van der Waals surface area contributed by atoms with E-state index in [0.717, 1.165) is 5.56 Å². The van der Waals surface area contributed by atoms with E-state index in [1.165, 1.54) is 19.4 Å². The minimum absolute atomic E-state index is 0.0902. The van der Waals surface area contributed by atoms with Crippen molar-refractivity contribution in [3.63, 3.8) is 0 Å². The molecule has 3 atom stereocenters. The topological polar surface area (TPSA) is 67.9 Å². The lowest BCUT2D eigenvalue weighted by Crippen LogP contribution is -2.52. The van der Waals surface area contributed by atoms with Gasteiger partial charge in [0.15, 0.2) is 11.9 Å². The smallest absolute Gasteiger partial charge is 0.245 e. The second kappa shape index (κ2) is 10.3. The van der Waals surface area contributed by atoms with Gasteiger partial charge in [-0.15, -0.1) is 0 Å². The van der Waals surface area contributed by atoms with Crippen LogP contribution >= 0.6 is 0 Å². The monoisotopic (exact) mass is 412 g/mol. The molecule has 0 aromatic heterocycles. The van der Waals surface area contributed by atoms with E-state index in [-0.39, 0.29) is 17.6 Å². The number of benzene rings is 1. The first kappa shape index (κ1) is 23.4. The number of ether oxygens (including phenoxy) is 2. The third kappa shape index (κ3) is 6.59. The second-order valence-corrected chi connectivity index (χ2v) is 8.47. The van der Waals surface area contributed by atoms with Crippen LogP contribution in [0.3, 0.4) is 0 Å². The van der Waals surface area contributed by atoms with Gasteiger partial charge in [-0.25, -0.2) is 0 Å². The minimum Gasteiger partial charge on any atom is -0.490 e. The lowest BCUT2D eigenvalue weighted by molar-refractivity contribution is -0.127. The molecule has 1 aliphatic heterocycles. The first-order valence-corrected chi connectivity index (χ1v) is 10.0. The summed E-state index contributed by atoms with van der Waals surface area (Å²) >= 11 is 0. The van der Waals surface area contributed by atoms with Gasteiger partial charge in [0.05, 0.1) is 12.5 Å². The van der Waals surface area contributed by atoms with Gasteiger partial charge in [-0.3, -0.25) is 14.5 Å². The zero-order valence-electron chi connectivity index (χ0n) is 18.4. The number of hydrogen-bond acceptors (Lipinski definition) is 5. The van der Waals surface area contributed by atoms with Crippen LogP contribution in [0.2, 0.25) is 0 Å². The summed E-state index contributed by atoms with van der Waals surface area (Å²) in [6.45, 7) is 11.5. The molecule has 1 heterocycles. The Balaban J connectivity index is 2.40. The summed E-state index contributed by atoms with van der Waals surface area (Å²) in [4.78, 5) is 27.1. The van der Waals surface area contributed by atoms with Gasteiger partial charge in [0, 0.05) is 18.0 Å². The summed E-state index contributed by atoms with van der Waals surface area (Å²) in [5.74, 6) is -0.215. The molecule has 6 nitrogen and oxygen atoms in total. The van der Waals surface area contributed by atoms with Crippen LogP contribution in [-0.4, -0.2) is 41.3 Å². The molecule has 0 spiro atoms. The van der Waals surface area contributed by atoms with Crippen LogP contribution in [0, 0.1) is 5.92 Å². The standard InChI is InChI=1S/C24H32N2O4/c1-7-29-20(15-19-13-14-30-22(19)17(2)27)21(23(28)25-24(3,4)5)26(6)16-18-11-9-8-10-12-18/h7-15,19,21-22H,1,16H2,2-6H3,(H,25,28)/b20-15+. The van der Waals surface area contributed by atoms with Gasteiger partial charge in [0.25, 0.3) is 0 Å². The van der Waals surface area contributed by atoms with Crippen molar-refractivity contribution < 1.29 is 19.1 Å². The predicted octanol–water partition coefficient (Wildman–Crippen LogP) is 3.56. The molecule has 0 bridgehead atoms. The summed E-state index contributed by atoms with van der Waals surface area (Å²) in [5.41, 5.74) is 0.651. The normalized spacial score (nSPS) is 19.9. The second-order valence-electron chi connectivity index (χ2n) is 8.47. The van der Waals surface area contributed by atoms with E-state index in [4.69, 9.17) is 9.47 Å². The molecule has 3 unspecified atom stereocenters. The number of ketones is 1. The fourth-order valence-corrected chi connectivity index (χ4v) is 3.35. The highest BCUT2D eigenvalue weighted by Crippen LogP contribution is 2.25. The Morgan fingerprint density at radius 1 is 1.30 bits per heavy atom. The van der Waals surface area contributed by atoms with E-state index in [2.05, 4.69) is 11.9 Å². The zero-order chi connectivity index (χ0) is 22.3. The summed E-state index contributed by atoms with van der Waals surface area (Å²) in [5, 5.41) is 3.03. The van der Waals surface area contributed by atoms with Gasteiger partial charge in [0.2, 0.25) is 5.91 Å². The zero-order valence-corrected chi connectivity index (χ0v) is 18.4. The SMILES string of the molecule is C=CO/C(=C/C1C=COC1C(C)=O)C(C(=O)NC(C)(C)C)N(C)Cc1ccccc1. The van der Waals surface area contributed by atoms with Crippen molar-refractivity contribution in [1.82, 2.24) is 10.2 Å². The van der Waals surface area contributed by atoms with Gasteiger partial charge in [-0.1, -0.05) is 36.9 Å². The Hall–Kier alpha value is -2.86. The van der Waals surface area contributed by atoms with Crippen molar-refractivity contribution >= 4 is 11.7 Å². The Morgan fingerprint density at radius 3 is 2.53 bits per heavy atom. The molecular formula is C24H32N2O4. The largest absolute Gasteiger partial charge is 0.490 e. The van der Waals surface area contributed by atoms with Crippen molar-refractivity contribution in [2.45, 2.75) is 51.9 Å². The quantitative estimate of drug-likeness (QED) is 0.628. The summed E-state index contributed by atoms with van der Waals surface area (Å²) < 4.78 is 11.1. The maximum Gasteiger partial charge on any atom is 0.245 e. The third-order valence-corrected chi connectivity index (χ3v) is 4.58. The number of Topliss-reactive ketones (excluding diaryl/α,β-unsaturated/α-hetero) is 1. The van der Waals surface area contributed by atoms with Gasteiger partial charge < -0.3 is 14.8 Å². The van der Waals surface area contributed by atoms with Gasteiger partial charge in [-0.2, -0.15) is 0 Å². The maximum absolute atomic E-state index is 13.3. The number of rotatable bonds is 9. The van der Waals surface area contributed by atoms with Crippen LogP contribution in [0.4, 0.5) is 0 Å². The molecule has 0 aliphatic carbocycles. The van der Waals surface area contributed by atoms with E-state index in [0.29, 0.717) is 12.3 Å². The molecule has 0 saturated carbocycles. The molecule has 0 saturated heterocycles. The fourth-order valence-electron chi connectivity index (χ4n) is 3.35. The highest BCUT2D eigenvalue weighted by Gasteiger charge is 2.34. The number of carbonyl (C=O) groups excluding carboxylic acids is 2. The summed E-state index contributed by atoms with van der Waals surface area (Å²) in [6, 6.07) is 9.17. The van der Waals surface area contributed by atoms with Crippen molar-refractivity contribution in [2.24, 2.45) is 5.92 Å². The lowest BCUT2D eigenvalue weighted by Gasteiger charge is -2.32. The molecule has 162 valence electrons. The average molecular weight is 413 g/mol. The Kier molecular flexibility index (Phi) is 8.00. The Bertz CT molecular complexity index is 808. The molecule has 1 N–H and O–H groups in total. The Morgan fingerprint density at radius 2 is 1.97 bits per heavy atom. The Labute approximate surface area is 179 Å². The molecule has 2 rings (SSSR count).